The molecule has 6 nitrogen and oxygen atoms in total. The molecule has 1 heterocycles. The van der Waals surface area contributed by atoms with Crippen LogP contribution in [0.25, 0.3) is 0 Å². The summed E-state index contributed by atoms with van der Waals surface area (Å²) in [4.78, 5) is 37.1. The number of aromatic nitrogens is 1. The van der Waals surface area contributed by atoms with Crippen LogP contribution in [0.15, 0.2) is 0 Å². The van der Waals surface area contributed by atoms with Crippen molar-refractivity contribution >= 4 is 17.7 Å². The molecular weight excluding hydrogens is 274 g/mol. The minimum absolute atomic E-state index is 0.0578. The number of rotatable bonds is 8. The Hall–Kier alpha value is -2.11. The lowest BCUT2D eigenvalue weighted by atomic mass is 10.0. The number of aromatic carboxylic acids is 1. The van der Waals surface area contributed by atoms with E-state index in [4.69, 9.17) is 9.84 Å². The Labute approximate surface area is 123 Å². The van der Waals surface area contributed by atoms with Crippen LogP contribution in [-0.4, -0.2) is 34.4 Å². The second-order valence-electron chi connectivity index (χ2n) is 4.87. The molecule has 1 aromatic rings. The summed E-state index contributed by atoms with van der Waals surface area (Å²) in [5.41, 5.74) is 1.54. The van der Waals surface area contributed by atoms with Gasteiger partial charge >= 0.3 is 11.9 Å². The van der Waals surface area contributed by atoms with Crippen molar-refractivity contribution in [3.8, 4) is 0 Å². The standard InChI is InChI=1S/C15H21NO5/c1-4-21-12(18)8-6-5-7-11(17)13-9(2)14(15(19)20)16-10(13)3/h16H,4-8H2,1-3H3,(H,19,20). The van der Waals surface area contributed by atoms with E-state index in [0.29, 0.717) is 42.7 Å². The summed E-state index contributed by atoms with van der Waals surface area (Å²) in [5.74, 6) is -1.43. The van der Waals surface area contributed by atoms with Gasteiger partial charge in [0.2, 0.25) is 0 Å². The van der Waals surface area contributed by atoms with E-state index in [2.05, 4.69) is 4.98 Å². The number of carboxylic acids is 1. The average Bonchev–Trinajstić information content (AvgIpc) is 2.70. The van der Waals surface area contributed by atoms with E-state index in [1.54, 1.807) is 20.8 Å². The molecule has 0 unspecified atom stereocenters. The van der Waals surface area contributed by atoms with Gasteiger partial charge in [-0.05, 0) is 39.2 Å². The molecule has 0 radical (unpaired) electrons. The monoisotopic (exact) mass is 295 g/mol. The molecule has 0 aliphatic rings. The van der Waals surface area contributed by atoms with Crippen LogP contribution in [0.2, 0.25) is 0 Å². The first-order valence-corrected chi connectivity index (χ1v) is 6.99. The number of esters is 1. The molecule has 0 saturated heterocycles. The van der Waals surface area contributed by atoms with Gasteiger partial charge in [0.1, 0.15) is 5.69 Å². The number of aryl methyl sites for hydroxylation is 1. The van der Waals surface area contributed by atoms with Crippen LogP contribution in [-0.2, 0) is 9.53 Å². The second-order valence-corrected chi connectivity index (χ2v) is 4.87. The minimum atomic E-state index is -1.07. The zero-order chi connectivity index (χ0) is 16.0. The molecule has 1 rings (SSSR count). The number of unbranched alkanes of at least 4 members (excludes halogenated alkanes) is 1. The van der Waals surface area contributed by atoms with Gasteiger partial charge in [0.25, 0.3) is 0 Å². The molecule has 0 aliphatic heterocycles. The molecule has 0 bridgehead atoms. The molecular formula is C15H21NO5. The number of ketones is 1. The van der Waals surface area contributed by atoms with Crippen molar-refractivity contribution in [1.29, 1.82) is 0 Å². The first-order valence-electron chi connectivity index (χ1n) is 6.99. The van der Waals surface area contributed by atoms with Crippen molar-refractivity contribution in [3.05, 3.63) is 22.5 Å². The van der Waals surface area contributed by atoms with Gasteiger partial charge in [0.05, 0.1) is 6.61 Å². The third-order valence-electron chi connectivity index (χ3n) is 3.27. The Bertz CT molecular complexity index is 545. The zero-order valence-corrected chi connectivity index (χ0v) is 12.6. The maximum absolute atomic E-state index is 12.2. The fourth-order valence-electron chi connectivity index (χ4n) is 2.30. The molecule has 21 heavy (non-hydrogen) atoms. The number of Topliss-reactive ketones (excluding diaryl/α,β-unsaturated/α-hetero) is 1. The molecule has 0 saturated carbocycles. The zero-order valence-electron chi connectivity index (χ0n) is 12.6. The summed E-state index contributed by atoms with van der Waals surface area (Å²) in [6, 6.07) is 0. The van der Waals surface area contributed by atoms with Gasteiger partial charge in [-0.25, -0.2) is 4.79 Å². The Morgan fingerprint density at radius 1 is 1.14 bits per heavy atom. The predicted molar refractivity (Wildman–Crippen MR) is 76.7 cm³/mol. The lowest BCUT2D eigenvalue weighted by Crippen LogP contribution is -2.06. The van der Waals surface area contributed by atoms with Gasteiger partial charge in [0.15, 0.2) is 5.78 Å². The highest BCUT2D eigenvalue weighted by atomic mass is 16.5. The molecule has 0 amide bonds. The van der Waals surface area contributed by atoms with E-state index in [0.717, 1.165) is 0 Å². The van der Waals surface area contributed by atoms with Gasteiger partial charge in [-0.2, -0.15) is 0 Å². The SMILES string of the molecule is CCOC(=O)CCCCC(=O)c1c(C)[nH]c(C(=O)O)c1C. The maximum atomic E-state index is 12.2. The lowest BCUT2D eigenvalue weighted by molar-refractivity contribution is -0.143. The highest BCUT2D eigenvalue weighted by Crippen LogP contribution is 2.20. The van der Waals surface area contributed by atoms with Crippen molar-refractivity contribution in [2.75, 3.05) is 6.61 Å². The van der Waals surface area contributed by atoms with Crippen LogP contribution in [0.1, 0.15) is 64.7 Å². The molecule has 0 aliphatic carbocycles. The summed E-state index contributed by atoms with van der Waals surface area (Å²) >= 11 is 0. The van der Waals surface area contributed by atoms with Gasteiger partial charge in [0, 0.05) is 24.1 Å². The molecule has 2 N–H and O–H groups in total. The predicted octanol–water partition coefficient (Wildman–Crippen LogP) is 2.64. The number of carboxylic acid groups (broad SMARTS) is 1. The Morgan fingerprint density at radius 2 is 1.76 bits per heavy atom. The molecule has 116 valence electrons. The fraction of sp³-hybridized carbons (Fsp3) is 0.533. The van der Waals surface area contributed by atoms with E-state index < -0.39 is 5.97 Å². The lowest BCUT2D eigenvalue weighted by Gasteiger charge is -2.03. The number of carbonyl (C=O) groups excluding carboxylic acids is 2. The number of hydrogen-bond acceptors (Lipinski definition) is 4. The molecule has 0 fully saturated rings. The summed E-state index contributed by atoms with van der Waals surface area (Å²) < 4.78 is 4.81. The van der Waals surface area contributed by atoms with Crippen molar-refractivity contribution in [2.24, 2.45) is 0 Å². The number of hydrogen-bond donors (Lipinski definition) is 2. The smallest absolute Gasteiger partial charge is 0.352 e. The fourth-order valence-corrected chi connectivity index (χ4v) is 2.30. The number of aromatic amines is 1. The van der Waals surface area contributed by atoms with Crippen LogP contribution in [0.5, 0.6) is 0 Å². The highest BCUT2D eigenvalue weighted by molar-refractivity contribution is 6.02. The molecule has 0 aromatic carbocycles. The van der Waals surface area contributed by atoms with Crippen LogP contribution >= 0.6 is 0 Å². The van der Waals surface area contributed by atoms with Crippen LogP contribution < -0.4 is 0 Å². The van der Waals surface area contributed by atoms with Crippen LogP contribution in [0, 0.1) is 13.8 Å². The van der Waals surface area contributed by atoms with Gasteiger partial charge < -0.3 is 14.8 Å². The van der Waals surface area contributed by atoms with Crippen LogP contribution in [0.3, 0.4) is 0 Å². The number of nitrogens with one attached hydrogen (secondary N) is 1. The summed E-state index contributed by atoms with van der Waals surface area (Å²) in [5, 5.41) is 9.02. The van der Waals surface area contributed by atoms with Gasteiger partial charge in [-0.3, -0.25) is 9.59 Å². The van der Waals surface area contributed by atoms with E-state index in [9.17, 15) is 14.4 Å². The first-order chi connectivity index (χ1) is 9.88. The minimum Gasteiger partial charge on any atom is -0.477 e. The van der Waals surface area contributed by atoms with Crippen molar-refractivity contribution in [2.45, 2.75) is 46.5 Å². The van der Waals surface area contributed by atoms with Gasteiger partial charge in [-0.15, -0.1) is 0 Å². The maximum Gasteiger partial charge on any atom is 0.352 e. The molecule has 1 aromatic heterocycles. The summed E-state index contributed by atoms with van der Waals surface area (Å²) in [7, 11) is 0. The Balaban J connectivity index is 2.57. The number of H-pyrrole nitrogens is 1. The summed E-state index contributed by atoms with van der Waals surface area (Å²) in [6.45, 7) is 5.42. The highest BCUT2D eigenvalue weighted by Gasteiger charge is 2.21. The Kier molecular flexibility index (Phi) is 6.14. The van der Waals surface area contributed by atoms with E-state index in [-0.39, 0.29) is 23.9 Å². The van der Waals surface area contributed by atoms with Gasteiger partial charge in [-0.1, -0.05) is 0 Å². The molecule has 6 heteroatoms. The quantitative estimate of drug-likeness (QED) is 0.436. The van der Waals surface area contributed by atoms with Crippen molar-refractivity contribution < 1.29 is 24.2 Å². The van der Waals surface area contributed by atoms with Crippen molar-refractivity contribution in [1.82, 2.24) is 4.98 Å². The number of carbonyl (C=O) groups is 3. The summed E-state index contributed by atoms with van der Waals surface area (Å²) in [6.07, 6.45) is 1.74. The largest absolute Gasteiger partial charge is 0.477 e. The second kappa shape index (κ2) is 7.61. The third-order valence-corrected chi connectivity index (χ3v) is 3.27. The average molecular weight is 295 g/mol. The third kappa shape index (κ3) is 4.44. The first kappa shape index (κ1) is 16.9. The Morgan fingerprint density at radius 3 is 2.29 bits per heavy atom. The van der Waals surface area contributed by atoms with E-state index >= 15 is 0 Å². The van der Waals surface area contributed by atoms with Crippen molar-refractivity contribution in [3.63, 3.8) is 0 Å². The van der Waals surface area contributed by atoms with E-state index in [1.165, 1.54) is 0 Å². The van der Waals surface area contributed by atoms with Crippen LogP contribution in [0.4, 0.5) is 0 Å². The topological polar surface area (TPSA) is 96.5 Å². The molecule has 0 atom stereocenters. The molecule has 0 spiro atoms. The van der Waals surface area contributed by atoms with E-state index in [1.807, 2.05) is 0 Å². The normalized spacial score (nSPS) is 10.4. The number of ether oxygens (including phenoxy) is 1.